The first-order valence-electron chi connectivity index (χ1n) is 9.01. The summed E-state index contributed by atoms with van der Waals surface area (Å²) in [4.78, 5) is 13.0. The molecule has 0 radical (unpaired) electrons. The molecule has 3 aromatic carbocycles. The number of para-hydroxylation sites is 1. The molecule has 4 rings (SSSR count). The van der Waals surface area contributed by atoms with E-state index in [1.807, 2.05) is 54.6 Å². The maximum absolute atomic E-state index is 13.0. The predicted octanol–water partition coefficient (Wildman–Crippen LogP) is 6.91. The fourth-order valence-corrected chi connectivity index (χ4v) is 4.35. The molecule has 1 aliphatic carbocycles. The Morgan fingerprint density at radius 2 is 1.79 bits per heavy atom. The molecule has 140 valence electrons. The van der Waals surface area contributed by atoms with Crippen molar-refractivity contribution in [1.29, 1.82) is 0 Å². The molecule has 28 heavy (non-hydrogen) atoms. The van der Waals surface area contributed by atoms with Crippen LogP contribution < -0.4 is 4.74 Å². The van der Waals surface area contributed by atoms with Gasteiger partial charge in [0.25, 0.3) is 0 Å². The van der Waals surface area contributed by atoms with E-state index in [0.29, 0.717) is 22.8 Å². The maximum atomic E-state index is 13.0. The molecule has 0 heterocycles. The molecule has 0 saturated carbocycles. The fraction of sp³-hybridized carbons (Fsp3) is 0.125. The topological polar surface area (TPSA) is 26.3 Å². The van der Waals surface area contributed by atoms with Crippen molar-refractivity contribution in [2.45, 2.75) is 12.3 Å². The van der Waals surface area contributed by atoms with E-state index in [2.05, 4.69) is 34.1 Å². The van der Waals surface area contributed by atoms with Crippen LogP contribution in [-0.2, 0) is 0 Å². The number of Topliss-reactive ketones (excluding diaryl/α,β-unsaturated/α-hetero) is 1. The van der Waals surface area contributed by atoms with Gasteiger partial charge in [-0.25, -0.2) is 0 Å². The van der Waals surface area contributed by atoms with E-state index in [1.165, 1.54) is 0 Å². The number of methoxy groups -OCH3 is 1. The van der Waals surface area contributed by atoms with E-state index in [0.717, 1.165) is 26.7 Å². The largest absolute Gasteiger partial charge is 0.496 e. The minimum Gasteiger partial charge on any atom is -0.496 e. The van der Waals surface area contributed by atoms with Crippen LogP contribution in [0, 0.1) is 0 Å². The highest BCUT2D eigenvalue weighted by molar-refractivity contribution is 9.10. The van der Waals surface area contributed by atoms with Gasteiger partial charge in [0.1, 0.15) is 5.75 Å². The molecule has 1 aliphatic rings. The molecule has 0 N–H and O–H groups in total. The zero-order valence-electron chi connectivity index (χ0n) is 15.3. The smallest absolute Gasteiger partial charge is 0.167 e. The maximum Gasteiger partial charge on any atom is 0.167 e. The third-order valence-electron chi connectivity index (χ3n) is 5.05. The first-order valence-corrected chi connectivity index (χ1v) is 10.2. The van der Waals surface area contributed by atoms with Crippen LogP contribution in [0.15, 0.2) is 77.3 Å². The standard InChI is InChI=1S/C24H18BrClO2/c1-28-24-9-5-3-7-19(24)23(27)13-15-12-21(18-6-2-4-8-22(18)26)17-11-10-16(25)14-20(15)17/h2-12,14-15H,13H2,1H3/t15-/m1/s1. The summed E-state index contributed by atoms with van der Waals surface area (Å²) >= 11 is 10.0. The van der Waals surface area contributed by atoms with Crippen molar-refractivity contribution >= 4 is 38.9 Å². The molecule has 3 aromatic rings. The van der Waals surface area contributed by atoms with Gasteiger partial charge in [-0.15, -0.1) is 0 Å². The molecule has 4 heteroatoms. The van der Waals surface area contributed by atoms with E-state index >= 15 is 0 Å². The van der Waals surface area contributed by atoms with Crippen LogP contribution in [0.1, 0.15) is 39.4 Å². The lowest BCUT2D eigenvalue weighted by Gasteiger charge is -2.12. The fourth-order valence-electron chi connectivity index (χ4n) is 3.73. The van der Waals surface area contributed by atoms with Crippen LogP contribution in [0.5, 0.6) is 5.75 Å². The Morgan fingerprint density at radius 1 is 1.04 bits per heavy atom. The SMILES string of the molecule is COc1ccccc1C(=O)C[C@H]1C=C(c2ccccc2Cl)c2ccc(Br)cc21. The first-order chi connectivity index (χ1) is 13.6. The Kier molecular flexibility index (Phi) is 5.38. The number of carbonyl (C=O) groups excluding carboxylic acids is 1. The zero-order chi connectivity index (χ0) is 19.7. The molecule has 0 bridgehead atoms. The van der Waals surface area contributed by atoms with Crippen molar-refractivity contribution in [3.8, 4) is 5.75 Å². The molecule has 0 fully saturated rings. The highest BCUT2D eigenvalue weighted by Gasteiger charge is 2.28. The van der Waals surface area contributed by atoms with Gasteiger partial charge in [0.15, 0.2) is 5.78 Å². The monoisotopic (exact) mass is 452 g/mol. The molecule has 0 aromatic heterocycles. The van der Waals surface area contributed by atoms with Gasteiger partial charge < -0.3 is 4.74 Å². The molecule has 0 amide bonds. The van der Waals surface area contributed by atoms with Crippen molar-refractivity contribution in [2.24, 2.45) is 0 Å². The van der Waals surface area contributed by atoms with Gasteiger partial charge in [0.05, 0.1) is 12.7 Å². The molecule has 2 nitrogen and oxygen atoms in total. The number of fused-ring (bicyclic) bond motifs is 1. The second kappa shape index (κ2) is 7.94. The molecule has 0 spiro atoms. The summed E-state index contributed by atoms with van der Waals surface area (Å²) in [6.07, 6.45) is 2.53. The minimum atomic E-state index is -0.0174. The van der Waals surface area contributed by atoms with Crippen LogP contribution in [0.2, 0.25) is 5.02 Å². The van der Waals surface area contributed by atoms with Gasteiger partial charge in [-0.1, -0.05) is 70.0 Å². The van der Waals surface area contributed by atoms with E-state index in [-0.39, 0.29) is 11.7 Å². The van der Waals surface area contributed by atoms with Crippen molar-refractivity contribution < 1.29 is 9.53 Å². The Morgan fingerprint density at radius 3 is 2.57 bits per heavy atom. The lowest BCUT2D eigenvalue weighted by atomic mass is 9.93. The minimum absolute atomic E-state index is 0.0174. The predicted molar refractivity (Wildman–Crippen MR) is 117 cm³/mol. The number of ketones is 1. The molecule has 0 unspecified atom stereocenters. The number of carbonyl (C=O) groups is 1. The first kappa shape index (κ1) is 19.0. The summed E-state index contributed by atoms with van der Waals surface area (Å²) < 4.78 is 6.36. The van der Waals surface area contributed by atoms with E-state index < -0.39 is 0 Å². The summed E-state index contributed by atoms with van der Waals surface area (Å²) in [5.41, 5.74) is 4.92. The normalized spacial score (nSPS) is 15.1. The molecule has 1 atom stereocenters. The summed E-state index contributed by atoms with van der Waals surface area (Å²) in [6, 6.07) is 21.4. The number of allylic oxidation sites excluding steroid dienone is 1. The number of benzene rings is 3. The third kappa shape index (κ3) is 3.52. The number of halogens is 2. The number of rotatable bonds is 5. The third-order valence-corrected chi connectivity index (χ3v) is 5.87. The van der Waals surface area contributed by atoms with Gasteiger partial charge in [-0.05, 0) is 47.0 Å². The molecule has 0 aliphatic heterocycles. The second-order valence-corrected chi connectivity index (χ2v) is 8.05. The van der Waals surface area contributed by atoms with Crippen LogP contribution in [-0.4, -0.2) is 12.9 Å². The summed E-state index contributed by atoms with van der Waals surface area (Å²) in [7, 11) is 1.59. The van der Waals surface area contributed by atoms with E-state index in [9.17, 15) is 4.79 Å². The van der Waals surface area contributed by atoms with Crippen molar-refractivity contribution in [3.05, 3.63) is 105 Å². The van der Waals surface area contributed by atoms with Crippen LogP contribution in [0.25, 0.3) is 5.57 Å². The van der Waals surface area contributed by atoms with Gasteiger partial charge in [-0.3, -0.25) is 4.79 Å². The average Bonchev–Trinajstić information content (AvgIpc) is 3.05. The van der Waals surface area contributed by atoms with Gasteiger partial charge >= 0.3 is 0 Å². The highest BCUT2D eigenvalue weighted by atomic mass is 79.9. The molecular weight excluding hydrogens is 436 g/mol. The Balaban J connectivity index is 1.74. The average molecular weight is 454 g/mol. The van der Waals surface area contributed by atoms with Gasteiger partial charge in [0.2, 0.25) is 0 Å². The van der Waals surface area contributed by atoms with Crippen molar-refractivity contribution in [3.63, 3.8) is 0 Å². The number of ether oxygens (including phenoxy) is 1. The Hall–Kier alpha value is -2.36. The molecular formula is C24H18BrClO2. The molecule has 0 saturated heterocycles. The van der Waals surface area contributed by atoms with Gasteiger partial charge in [0, 0.05) is 27.4 Å². The van der Waals surface area contributed by atoms with Gasteiger partial charge in [-0.2, -0.15) is 0 Å². The van der Waals surface area contributed by atoms with Crippen LogP contribution in [0.3, 0.4) is 0 Å². The van der Waals surface area contributed by atoms with E-state index in [1.54, 1.807) is 7.11 Å². The number of hydrogen-bond donors (Lipinski definition) is 0. The lowest BCUT2D eigenvalue weighted by Crippen LogP contribution is -2.06. The lowest BCUT2D eigenvalue weighted by molar-refractivity contribution is 0.0976. The van der Waals surface area contributed by atoms with E-state index in [4.69, 9.17) is 16.3 Å². The Bertz CT molecular complexity index is 1090. The number of hydrogen-bond acceptors (Lipinski definition) is 2. The van der Waals surface area contributed by atoms with Crippen LogP contribution >= 0.6 is 27.5 Å². The highest BCUT2D eigenvalue weighted by Crippen LogP contribution is 2.44. The Labute approximate surface area is 177 Å². The second-order valence-electron chi connectivity index (χ2n) is 6.73. The van der Waals surface area contributed by atoms with Crippen molar-refractivity contribution in [1.82, 2.24) is 0 Å². The van der Waals surface area contributed by atoms with Crippen molar-refractivity contribution in [2.75, 3.05) is 7.11 Å². The summed E-state index contributed by atoms with van der Waals surface area (Å²) in [6.45, 7) is 0. The quantitative estimate of drug-likeness (QED) is 0.392. The zero-order valence-corrected chi connectivity index (χ0v) is 17.6. The summed E-state index contributed by atoms with van der Waals surface area (Å²) in [5, 5.41) is 0.708. The summed E-state index contributed by atoms with van der Waals surface area (Å²) in [5.74, 6) is 0.650. The van der Waals surface area contributed by atoms with Crippen LogP contribution in [0.4, 0.5) is 0 Å².